The van der Waals surface area contributed by atoms with Crippen LogP contribution in [0, 0.1) is 5.92 Å². The normalized spacial score (nSPS) is 40.5. The lowest BCUT2D eigenvalue weighted by atomic mass is 9.79. The van der Waals surface area contributed by atoms with Gasteiger partial charge in [-0.25, -0.2) is 0 Å². The van der Waals surface area contributed by atoms with Crippen LogP contribution in [0.3, 0.4) is 0 Å². The summed E-state index contributed by atoms with van der Waals surface area (Å²) in [6.07, 6.45) is 1.61. The molecule has 0 amide bonds. The fraction of sp³-hybridized carbons (Fsp3) is 0.700. The second-order valence-corrected chi connectivity index (χ2v) is 6.70. The van der Waals surface area contributed by atoms with Crippen LogP contribution < -0.4 is 0 Å². The zero-order chi connectivity index (χ0) is 10.2. The molecule has 0 saturated heterocycles. The van der Waals surface area contributed by atoms with Crippen LogP contribution in [0.4, 0.5) is 0 Å². The van der Waals surface area contributed by atoms with E-state index >= 15 is 0 Å². The zero-order valence-corrected chi connectivity index (χ0v) is 11.1. The minimum Gasteiger partial charge on any atom is -0.298 e. The van der Waals surface area contributed by atoms with E-state index in [0.29, 0.717) is 12.3 Å². The van der Waals surface area contributed by atoms with Crippen LogP contribution in [0.2, 0.25) is 0 Å². The SMILES string of the molecule is C=C(C)C1CC(=O)C(C)(Br)C(Br)C1. The van der Waals surface area contributed by atoms with Crippen LogP contribution in [0.15, 0.2) is 12.2 Å². The summed E-state index contributed by atoms with van der Waals surface area (Å²) in [6, 6.07) is 0. The molecular formula is C10H14Br2O. The van der Waals surface area contributed by atoms with E-state index in [4.69, 9.17) is 0 Å². The topological polar surface area (TPSA) is 17.1 Å². The fourth-order valence-electron chi connectivity index (χ4n) is 1.53. The van der Waals surface area contributed by atoms with Gasteiger partial charge in [0.1, 0.15) is 0 Å². The lowest BCUT2D eigenvalue weighted by molar-refractivity contribution is -0.122. The van der Waals surface area contributed by atoms with Crippen LogP contribution >= 0.6 is 31.9 Å². The standard InChI is InChI=1S/C10H14Br2O/c1-6(2)7-4-8(11)10(3,12)9(13)5-7/h7-8H,1,4-5H2,2-3H3. The maximum atomic E-state index is 11.7. The minimum atomic E-state index is -0.390. The lowest BCUT2D eigenvalue weighted by Gasteiger charge is -2.36. The van der Waals surface area contributed by atoms with E-state index in [9.17, 15) is 4.79 Å². The summed E-state index contributed by atoms with van der Waals surface area (Å²) in [7, 11) is 0. The van der Waals surface area contributed by atoms with Crippen LogP contribution in [0.25, 0.3) is 0 Å². The first-order chi connectivity index (χ1) is 5.85. The Hall–Kier alpha value is 0.370. The number of halogens is 2. The van der Waals surface area contributed by atoms with E-state index in [2.05, 4.69) is 38.4 Å². The van der Waals surface area contributed by atoms with Gasteiger partial charge >= 0.3 is 0 Å². The average Bonchev–Trinajstić information content (AvgIpc) is 2.00. The van der Waals surface area contributed by atoms with Crippen molar-refractivity contribution in [3.05, 3.63) is 12.2 Å². The third-order valence-electron chi connectivity index (χ3n) is 2.75. The zero-order valence-electron chi connectivity index (χ0n) is 7.94. The largest absolute Gasteiger partial charge is 0.298 e. The second-order valence-electron chi connectivity index (χ2n) is 3.95. The third-order valence-corrected chi connectivity index (χ3v) is 5.65. The van der Waals surface area contributed by atoms with E-state index < -0.39 is 0 Å². The maximum absolute atomic E-state index is 11.7. The first kappa shape index (κ1) is 11.4. The summed E-state index contributed by atoms with van der Waals surface area (Å²) in [5, 5.41) is 0. The number of carbonyl (C=O) groups excluding carboxylic acids is 1. The number of Topliss-reactive ketones (excluding diaryl/α,β-unsaturated/α-hetero) is 1. The van der Waals surface area contributed by atoms with Crippen molar-refractivity contribution >= 4 is 37.6 Å². The predicted octanol–water partition coefficient (Wildman–Crippen LogP) is 3.46. The first-order valence-corrected chi connectivity index (χ1v) is 6.08. The van der Waals surface area contributed by atoms with Crippen LogP contribution in [0.5, 0.6) is 0 Å². The Morgan fingerprint density at radius 2 is 2.23 bits per heavy atom. The Morgan fingerprint density at radius 3 is 2.62 bits per heavy atom. The Balaban J connectivity index is 2.79. The molecule has 0 aromatic heterocycles. The Kier molecular flexibility index (Phi) is 3.39. The first-order valence-electron chi connectivity index (χ1n) is 4.37. The second kappa shape index (κ2) is 3.85. The number of carbonyl (C=O) groups is 1. The average molecular weight is 310 g/mol. The van der Waals surface area contributed by atoms with Gasteiger partial charge in [-0.2, -0.15) is 0 Å². The molecule has 1 fully saturated rings. The van der Waals surface area contributed by atoms with Crippen LogP contribution in [-0.2, 0) is 4.79 Å². The van der Waals surface area contributed by atoms with Crippen molar-refractivity contribution < 1.29 is 4.79 Å². The van der Waals surface area contributed by atoms with Crippen molar-refractivity contribution in [2.75, 3.05) is 0 Å². The Morgan fingerprint density at radius 1 is 1.69 bits per heavy atom. The highest BCUT2D eigenvalue weighted by molar-refractivity contribution is 9.12. The number of hydrogen-bond donors (Lipinski definition) is 0. The highest BCUT2D eigenvalue weighted by Gasteiger charge is 2.43. The van der Waals surface area contributed by atoms with E-state index in [-0.39, 0.29) is 14.9 Å². The predicted molar refractivity (Wildman–Crippen MR) is 62.6 cm³/mol. The molecule has 0 heterocycles. The van der Waals surface area contributed by atoms with Crippen LogP contribution in [-0.4, -0.2) is 14.9 Å². The quantitative estimate of drug-likeness (QED) is 0.535. The van der Waals surface area contributed by atoms with E-state index in [0.717, 1.165) is 12.0 Å². The molecule has 0 bridgehead atoms. The summed E-state index contributed by atoms with van der Waals surface area (Å²) < 4.78 is -0.390. The molecule has 13 heavy (non-hydrogen) atoms. The molecule has 0 aromatic carbocycles. The Labute approximate surface area is 96.2 Å². The highest BCUT2D eigenvalue weighted by atomic mass is 79.9. The molecule has 3 heteroatoms. The molecular weight excluding hydrogens is 296 g/mol. The van der Waals surface area contributed by atoms with Crippen molar-refractivity contribution in [1.29, 1.82) is 0 Å². The summed E-state index contributed by atoms with van der Waals surface area (Å²) in [4.78, 5) is 11.9. The molecule has 74 valence electrons. The van der Waals surface area contributed by atoms with Gasteiger partial charge in [0.25, 0.3) is 0 Å². The summed E-state index contributed by atoms with van der Waals surface area (Å²) >= 11 is 7.02. The molecule has 1 saturated carbocycles. The van der Waals surface area contributed by atoms with Crippen molar-refractivity contribution in [3.8, 4) is 0 Å². The fourth-order valence-corrected chi connectivity index (χ4v) is 2.58. The van der Waals surface area contributed by atoms with Crippen LogP contribution in [0.1, 0.15) is 26.7 Å². The molecule has 1 rings (SSSR count). The van der Waals surface area contributed by atoms with Crippen molar-refractivity contribution in [2.24, 2.45) is 5.92 Å². The molecule has 0 aliphatic heterocycles. The molecule has 3 atom stereocenters. The Bertz CT molecular complexity index is 245. The molecule has 1 aliphatic carbocycles. The number of alkyl halides is 2. The monoisotopic (exact) mass is 308 g/mol. The molecule has 0 N–H and O–H groups in total. The minimum absolute atomic E-state index is 0.211. The van der Waals surface area contributed by atoms with E-state index in [1.165, 1.54) is 0 Å². The van der Waals surface area contributed by atoms with Gasteiger partial charge in [0.15, 0.2) is 5.78 Å². The summed E-state index contributed by atoms with van der Waals surface area (Å²) in [6.45, 7) is 7.84. The van der Waals surface area contributed by atoms with E-state index in [1.54, 1.807) is 0 Å². The molecule has 0 radical (unpaired) electrons. The molecule has 0 aromatic rings. The van der Waals surface area contributed by atoms with E-state index in [1.807, 2.05) is 13.8 Å². The maximum Gasteiger partial charge on any atom is 0.150 e. The molecule has 3 unspecified atom stereocenters. The van der Waals surface area contributed by atoms with Gasteiger partial charge in [-0.05, 0) is 26.2 Å². The molecule has 0 spiro atoms. The van der Waals surface area contributed by atoms with Gasteiger partial charge in [-0.15, -0.1) is 0 Å². The molecule has 1 nitrogen and oxygen atoms in total. The van der Waals surface area contributed by atoms with Gasteiger partial charge in [0.05, 0.1) is 4.32 Å². The van der Waals surface area contributed by atoms with Crippen molar-refractivity contribution in [1.82, 2.24) is 0 Å². The number of rotatable bonds is 1. The summed E-state index contributed by atoms with van der Waals surface area (Å²) in [5.74, 6) is 0.621. The van der Waals surface area contributed by atoms with Gasteiger partial charge in [0.2, 0.25) is 0 Å². The molecule has 1 aliphatic rings. The van der Waals surface area contributed by atoms with Crippen molar-refractivity contribution in [3.63, 3.8) is 0 Å². The summed E-state index contributed by atoms with van der Waals surface area (Å²) in [5.41, 5.74) is 1.11. The van der Waals surface area contributed by atoms with Gasteiger partial charge in [-0.1, -0.05) is 44.0 Å². The lowest BCUT2D eigenvalue weighted by Crippen LogP contribution is -2.44. The number of ketones is 1. The third kappa shape index (κ3) is 2.24. The van der Waals surface area contributed by atoms with Gasteiger partial charge in [0, 0.05) is 11.2 Å². The van der Waals surface area contributed by atoms with Gasteiger partial charge in [-0.3, -0.25) is 4.79 Å². The van der Waals surface area contributed by atoms with Gasteiger partial charge < -0.3 is 0 Å². The number of hydrogen-bond acceptors (Lipinski definition) is 1. The smallest absolute Gasteiger partial charge is 0.150 e. The number of allylic oxidation sites excluding steroid dienone is 1. The highest BCUT2D eigenvalue weighted by Crippen LogP contribution is 2.41. The van der Waals surface area contributed by atoms with Crippen molar-refractivity contribution in [2.45, 2.75) is 35.8 Å².